The maximum Gasteiger partial charge on any atom is 0.224 e. The van der Waals surface area contributed by atoms with Gasteiger partial charge in [0.15, 0.2) is 0 Å². The van der Waals surface area contributed by atoms with Crippen LogP contribution >= 0.6 is 15.9 Å². The van der Waals surface area contributed by atoms with Gasteiger partial charge in [-0.2, -0.15) is 0 Å². The highest BCUT2D eigenvalue weighted by Gasteiger charge is 2.57. The van der Waals surface area contributed by atoms with Crippen molar-refractivity contribution in [2.45, 2.75) is 70.3 Å². The minimum atomic E-state index is -1.31. The van der Waals surface area contributed by atoms with Gasteiger partial charge in [-0.3, -0.25) is 0 Å². The van der Waals surface area contributed by atoms with E-state index in [1.54, 1.807) is 7.11 Å². The lowest BCUT2D eigenvalue weighted by molar-refractivity contribution is -0.379. The molecule has 0 amide bonds. The second kappa shape index (κ2) is 17.4. The SMILES string of the molecule is CCOc1ccc(Cc2cc([C@]3(OC)O[C@H](C)[C@@H](OCc4ccccc4)[C@H](OCc4ccccc4)[C@H]3OCc3ccccc3)ccc2Br)cc1. The van der Waals surface area contributed by atoms with E-state index >= 15 is 0 Å². The van der Waals surface area contributed by atoms with E-state index < -0.39 is 30.2 Å². The number of hydrogen-bond donors (Lipinski definition) is 0. The molecule has 1 heterocycles. The van der Waals surface area contributed by atoms with E-state index in [9.17, 15) is 0 Å². The Bertz CT molecular complexity index is 1750. The fourth-order valence-electron chi connectivity index (χ4n) is 6.51. The molecule has 0 saturated carbocycles. The first-order valence-electron chi connectivity index (χ1n) is 17.2. The van der Waals surface area contributed by atoms with E-state index in [0.29, 0.717) is 32.8 Å². The summed E-state index contributed by atoms with van der Waals surface area (Å²) in [6, 6.07) is 44.9. The first kappa shape index (κ1) is 36.0. The summed E-state index contributed by atoms with van der Waals surface area (Å²) in [5.74, 6) is -0.452. The van der Waals surface area contributed by atoms with Crippen LogP contribution < -0.4 is 4.74 Å². The van der Waals surface area contributed by atoms with Crippen molar-refractivity contribution < 1.29 is 28.4 Å². The third-order valence-corrected chi connectivity index (χ3v) is 9.82. The predicted octanol–water partition coefficient (Wildman–Crippen LogP) is 9.41. The first-order valence-corrected chi connectivity index (χ1v) is 18.0. The van der Waals surface area contributed by atoms with Gasteiger partial charge in [-0.25, -0.2) is 0 Å². The molecule has 260 valence electrons. The van der Waals surface area contributed by atoms with Gasteiger partial charge in [0, 0.05) is 17.1 Å². The highest BCUT2D eigenvalue weighted by Crippen LogP contribution is 2.44. The molecule has 1 saturated heterocycles. The van der Waals surface area contributed by atoms with Crippen LogP contribution in [0.5, 0.6) is 5.75 Å². The number of halogens is 1. The number of ether oxygens (including phenoxy) is 6. The predicted molar refractivity (Wildman–Crippen MR) is 199 cm³/mol. The van der Waals surface area contributed by atoms with Crippen molar-refractivity contribution in [3.63, 3.8) is 0 Å². The van der Waals surface area contributed by atoms with Crippen LogP contribution in [-0.4, -0.2) is 38.1 Å². The largest absolute Gasteiger partial charge is 0.494 e. The Morgan fingerprint density at radius 2 is 1.18 bits per heavy atom. The molecule has 1 aliphatic heterocycles. The monoisotopic (exact) mass is 736 g/mol. The zero-order valence-corrected chi connectivity index (χ0v) is 30.5. The molecule has 1 aliphatic rings. The molecule has 50 heavy (non-hydrogen) atoms. The van der Waals surface area contributed by atoms with Gasteiger partial charge in [-0.05, 0) is 72.4 Å². The quantitative estimate of drug-likeness (QED) is 0.107. The Morgan fingerprint density at radius 3 is 1.72 bits per heavy atom. The third-order valence-electron chi connectivity index (χ3n) is 9.04. The fraction of sp³-hybridized carbons (Fsp3) is 0.302. The van der Waals surface area contributed by atoms with E-state index in [2.05, 4.69) is 76.6 Å². The summed E-state index contributed by atoms with van der Waals surface area (Å²) in [7, 11) is 1.68. The molecule has 0 radical (unpaired) electrons. The topological polar surface area (TPSA) is 55.4 Å². The van der Waals surface area contributed by atoms with Crippen LogP contribution in [0.4, 0.5) is 0 Å². The minimum Gasteiger partial charge on any atom is -0.494 e. The molecule has 6 nitrogen and oxygen atoms in total. The highest BCUT2D eigenvalue weighted by molar-refractivity contribution is 9.10. The molecule has 0 aliphatic carbocycles. The van der Waals surface area contributed by atoms with Crippen LogP contribution in [0, 0.1) is 0 Å². The number of hydrogen-bond acceptors (Lipinski definition) is 6. The average Bonchev–Trinajstić information content (AvgIpc) is 3.16. The van der Waals surface area contributed by atoms with E-state index in [0.717, 1.165) is 43.6 Å². The van der Waals surface area contributed by atoms with Gasteiger partial charge in [0.2, 0.25) is 5.79 Å². The number of methoxy groups -OCH3 is 1. The summed E-state index contributed by atoms with van der Waals surface area (Å²) in [5.41, 5.74) is 6.24. The van der Waals surface area contributed by atoms with Gasteiger partial charge in [-0.1, -0.05) is 125 Å². The molecule has 0 bridgehead atoms. The van der Waals surface area contributed by atoms with Crippen LogP contribution in [0.25, 0.3) is 0 Å². The van der Waals surface area contributed by atoms with Crippen LogP contribution in [0.2, 0.25) is 0 Å². The molecule has 1 fully saturated rings. The molecule has 0 N–H and O–H groups in total. The van der Waals surface area contributed by atoms with E-state index in [1.807, 2.05) is 86.6 Å². The lowest BCUT2D eigenvalue weighted by Crippen LogP contribution is -2.64. The first-order chi connectivity index (χ1) is 24.5. The Labute approximate surface area is 304 Å². The molecular weight excluding hydrogens is 692 g/mol. The second-order valence-electron chi connectivity index (χ2n) is 12.5. The Balaban J connectivity index is 1.38. The average molecular weight is 738 g/mol. The Morgan fingerprint density at radius 1 is 0.640 bits per heavy atom. The zero-order chi connectivity index (χ0) is 34.8. The lowest BCUT2D eigenvalue weighted by Gasteiger charge is -2.51. The molecule has 5 aromatic rings. The van der Waals surface area contributed by atoms with Gasteiger partial charge in [0.05, 0.1) is 32.5 Å². The van der Waals surface area contributed by atoms with Gasteiger partial charge in [0.25, 0.3) is 0 Å². The van der Waals surface area contributed by atoms with E-state index in [1.165, 1.54) is 0 Å². The van der Waals surface area contributed by atoms with Gasteiger partial charge in [0.1, 0.15) is 24.1 Å². The zero-order valence-electron chi connectivity index (χ0n) is 28.9. The Hall–Kier alpha value is -3.82. The lowest BCUT2D eigenvalue weighted by atomic mass is 9.86. The van der Waals surface area contributed by atoms with Gasteiger partial charge >= 0.3 is 0 Å². The van der Waals surface area contributed by atoms with Crippen LogP contribution in [0.1, 0.15) is 47.2 Å². The molecule has 7 heteroatoms. The third kappa shape index (κ3) is 8.72. The minimum absolute atomic E-state index is 0.334. The number of rotatable bonds is 15. The summed E-state index contributed by atoms with van der Waals surface area (Å²) in [6.07, 6.45) is -1.42. The standard InChI is InChI=1S/C43H45BrO6/c1-4-46-38-23-20-32(21-24-38)26-36-27-37(22-25-39(36)44)43(45-3)42(49-30-35-18-12-7-13-19-35)41(48-29-34-16-10-6-11-17-34)40(31(2)50-43)47-28-33-14-8-5-9-15-33/h5-25,27,31,40-42H,4,26,28-30H2,1-3H3/t31-,40-,41+,42-,43+/m1/s1. The summed E-state index contributed by atoms with van der Waals surface area (Å²) in [5, 5.41) is 0. The van der Waals surface area contributed by atoms with Gasteiger partial charge < -0.3 is 28.4 Å². The smallest absolute Gasteiger partial charge is 0.224 e. The van der Waals surface area contributed by atoms with E-state index in [-0.39, 0.29) is 0 Å². The molecule has 0 unspecified atom stereocenters. The van der Waals surface area contributed by atoms with Crippen LogP contribution in [0.3, 0.4) is 0 Å². The van der Waals surface area contributed by atoms with Crippen molar-refractivity contribution in [1.29, 1.82) is 0 Å². The maximum absolute atomic E-state index is 7.00. The molecule has 0 aromatic heterocycles. The summed E-state index contributed by atoms with van der Waals surface area (Å²) < 4.78 is 40.6. The summed E-state index contributed by atoms with van der Waals surface area (Å²) in [6.45, 7) is 5.75. The molecule has 0 spiro atoms. The second-order valence-corrected chi connectivity index (χ2v) is 13.3. The van der Waals surface area contributed by atoms with Gasteiger partial charge in [-0.15, -0.1) is 0 Å². The highest BCUT2D eigenvalue weighted by atomic mass is 79.9. The fourth-order valence-corrected chi connectivity index (χ4v) is 6.89. The normalized spacial score (nSPS) is 21.9. The van der Waals surface area contributed by atoms with Crippen molar-refractivity contribution in [2.24, 2.45) is 0 Å². The molecule has 5 atom stereocenters. The van der Waals surface area contributed by atoms with E-state index in [4.69, 9.17) is 28.4 Å². The van der Waals surface area contributed by atoms with Crippen molar-refractivity contribution in [3.8, 4) is 5.75 Å². The maximum atomic E-state index is 7.00. The van der Waals surface area contributed by atoms with Crippen molar-refractivity contribution in [2.75, 3.05) is 13.7 Å². The van der Waals surface area contributed by atoms with Crippen molar-refractivity contribution in [3.05, 3.63) is 171 Å². The molecular formula is C43H45BrO6. The van der Waals surface area contributed by atoms with Crippen molar-refractivity contribution >= 4 is 15.9 Å². The number of benzene rings is 5. The van der Waals surface area contributed by atoms with Crippen molar-refractivity contribution in [1.82, 2.24) is 0 Å². The molecule has 5 aromatic carbocycles. The summed E-state index contributed by atoms with van der Waals surface area (Å²) >= 11 is 3.81. The summed E-state index contributed by atoms with van der Waals surface area (Å²) in [4.78, 5) is 0. The molecule has 6 rings (SSSR count). The Kier molecular flexibility index (Phi) is 12.5. The van der Waals surface area contributed by atoms with Crippen LogP contribution in [0.15, 0.2) is 138 Å². The van der Waals surface area contributed by atoms with Crippen LogP contribution in [-0.2, 0) is 55.7 Å².